The molecule has 1 aromatic carbocycles. The fraction of sp³-hybridized carbons (Fsp3) is 0.739. The van der Waals surface area contributed by atoms with Gasteiger partial charge in [-0.15, -0.1) is 0 Å². The van der Waals surface area contributed by atoms with Gasteiger partial charge in [-0.25, -0.2) is 0 Å². The maximum Gasteiger partial charge on any atom is 0.0835 e. The molecule has 160 valence electrons. The summed E-state index contributed by atoms with van der Waals surface area (Å²) in [6.07, 6.45) is 2.07. The van der Waals surface area contributed by atoms with Gasteiger partial charge in [0, 0.05) is 26.3 Å². The highest BCUT2D eigenvalue weighted by Gasteiger charge is 2.21. The van der Waals surface area contributed by atoms with Crippen LogP contribution in [0, 0.1) is 5.92 Å². The number of nitrogens with zero attached hydrogens (tertiary/aromatic N) is 1. The van der Waals surface area contributed by atoms with Crippen molar-refractivity contribution in [3.8, 4) is 0 Å². The number of ether oxygens (including phenoxy) is 1. The van der Waals surface area contributed by atoms with E-state index >= 15 is 0 Å². The zero-order valence-corrected chi connectivity index (χ0v) is 19.6. The molecule has 27 heavy (non-hydrogen) atoms. The molecule has 0 atom stereocenters. The van der Waals surface area contributed by atoms with E-state index in [1.165, 1.54) is 5.56 Å². The topological polar surface area (TPSA) is 44.7 Å². The molecule has 2 rings (SSSR count). The van der Waals surface area contributed by atoms with Gasteiger partial charge in [0.05, 0.1) is 11.4 Å². The first kappa shape index (κ1) is 28.0. The van der Waals surface area contributed by atoms with Crippen LogP contribution in [0.3, 0.4) is 0 Å². The quantitative estimate of drug-likeness (QED) is 0.553. The van der Waals surface area contributed by atoms with Crippen molar-refractivity contribution >= 4 is 11.4 Å². The SMILES string of the molecule is CC.CC.CC(C)C.CC(C)c1ccc(NO)c(N(C)C2CCOCC2)c1. The average molecular weight is 383 g/mol. The highest BCUT2D eigenvalue weighted by molar-refractivity contribution is 5.70. The third kappa shape index (κ3) is 11.2. The Bertz CT molecular complexity index is 453. The summed E-state index contributed by atoms with van der Waals surface area (Å²) in [5.74, 6) is 1.31. The lowest BCUT2D eigenvalue weighted by atomic mass is 10.0. The highest BCUT2D eigenvalue weighted by Crippen LogP contribution is 2.32. The summed E-state index contributed by atoms with van der Waals surface area (Å²) < 4.78 is 5.41. The molecule has 0 spiro atoms. The van der Waals surface area contributed by atoms with Crippen molar-refractivity contribution in [2.24, 2.45) is 5.92 Å². The van der Waals surface area contributed by atoms with Gasteiger partial charge in [0.15, 0.2) is 0 Å². The minimum absolute atomic E-state index is 0.475. The zero-order valence-electron chi connectivity index (χ0n) is 19.6. The van der Waals surface area contributed by atoms with Gasteiger partial charge in [0.25, 0.3) is 0 Å². The Labute approximate surface area is 169 Å². The Hall–Kier alpha value is -1.26. The van der Waals surface area contributed by atoms with Crippen molar-refractivity contribution in [1.29, 1.82) is 0 Å². The summed E-state index contributed by atoms with van der Waals surface area (Å²) in [5, 5.41) is 9.29. The fourth-order valence-corrected chi connectivity index (χ4v) is 2.56. The second-order valence-corrected chi connectivity index (χ2v) is 7.23. The van der Waals surface area contributed by atoms with Crippen LogP contribution < -0.4 is 10.4 Å². The van der Waals surface area contributed by atoms with Gasteiger partial charge in [0.2, 0.25) is 0 Å². The van der Waals surface area contributed by atoms with Crippen molar-refractivity contribution in [2.45, 2.75) is 87.1 Å². The van der Waals surface area contributed by atoms with Gasteiger partial charge in [-0.2, -0.15) is 0 Å². The van der Waals surface area contributed by atoms with Crippen LogP contribution in [0.1, 0.15) is 86.6 Å². The molecule has 0 saturated carbocycles. The van der Waals surface area contributed by atoms with E-state index < -0.39 is 0 Å². The Balaban J connectivity index is 0. The van der Waals surface area contributed by atoms with Crippen molar-refractivity contribution < 1.29 is 9.94 Å². The Morgan fingerprint density at radius 1 is 1.00 bits per heavy atom. The van der Waals surface area contributed by atoms with E-state index in [1.54, 1.807) is 0 Å². The van der Waals surface area contributed by atoms with E-state index in [4.69, 9.17) is 4.74 Å². The lowest BCUT2D eigenvalue weighted by Gasteiger charge is -2.34. The number of rotatable bonds is 4. The molecule has 0 bridgehead atoms. The van der Waals surface area contributed by atoms with E-state index in [-0.39, 0.29) is 0 Å². The van der Waals surface area contributed by atoms with Crippen LogP contribution in [0.25, 0.3) is 0 Å². The third-order valence-corrected chi connectivity index (χ3v) is 3.93. The fourth-order valence-electron chi connectivity index (χ4n) is 2.56. The summed E-state index contributed by atoms with van der Waals surface area (Å²) in [6, 6.07) is 6.65. The molecular formula is C23H46N2O2. The Morgan fingerprint density at radius 2 is 1.48 bits per heavy atom. The maximum absolute atomic E-state index is 9.29. The first-order valence-electron chi connectivity index (χ1n) is 10.7. The van der Waals surface area contributed by atoms with Crippen LogP contribution in [-0.4, -0.2) is 31.5 Å². The maximum atomic E-state index is 9.29. The highest BCUT2D eigenvalue weighted by atomic mass is 16.5. The van der Waals surface area contributed by atoms with Gasteiger partial charge in [0.1, 0.15) is 0 Å². The van der Waals surface area contributed by atoms with Crippen molar-refractivity contribution in [1.82, 2.24) is 0 Å². The lowest BCUT2D eigenvalue weighted by Crippen LogP contribution is -2.37. The molecule has 1 aliphatic heterocycles. The molecule has 1 aliphatic rings. The minimum Gasteiger partial charge on any atom is -0.381 e. The van der Waals surface area contributed by atoms with Crippen LogP contribution in [-0.2, 0) is 4.74 Å². The van der Waals surface area contributed by atoms with E-state index in [0.717, 1.165) is 43.3 Å². The summed E-state index contributed by atoms with van der Waals surface area (Å²) in [4.78, 5) is 2.26. The third-order valence-electron chi connectivity index (χ3n) is 3.93. The monoisotopic (exact) mass is 382 g/mol. The predicted molar refractivity (Wildman–Crippen MR) is 121 cm³/mol. The first-order chi connectivity index (χ1) is 12.9. The molecule has 1 aromatic rings. The Kier molecular flexibility index (Phi) is 17.5. The second-order valence-electron chi connectivity index (χ2n) is 7.23. The van der Waals surface area contributed by atoms with Crippen LogP contribution >= 0.6 is 0 Å². The molecule has 0 radical (unpaired) electrons. The van der Waals surface area contributed by atoms with Gasteiger partial charge >= 0.3 is 0 Å². The van der Waals surface area contributed by atoms with E-state index in [1.807, 2.05) is 33.8 Å². The van der Waals surface area contributed by atoms with Crippen LogP contribution in [0.2, 0.25) is 0 Å². The summed E-state index contributed by atoms with van der Waals surface area (Å²) in [7, 11) is 2.09. The summed E-state index contributed by atoms with van der Waals surface area (Å²) >= 11 is 0. The van der Waals surface area contributed by atoms with Crippen molar-refractivity contribution in [2.75, 3.05) is 30.6 Å². The molecule has 2 N–H and O–H groups in total. The largest absolute Gasteiger partial charge is 0.381 e. The van der Waals surface area contributed by atoms with Crippen LogP contribution in [0.5, 0.6) is 0 Å². The molecule has 0 amide bonds. The van der Waals surface area contributed by atoms with E-state index in [0.29, 0.717) is 12.0 Å². The molecule has 1 saturated heterocycles. The standard InChI is InChI=1S/C15H24N2O2.C4H10.2C2H6/c1-11(2)12-4-5-14(16-18)15(10-12)17(3)13-6-8-19-9-7-13;1-4(2)3;2*1-2/h4-5,10-11,13,16,18H,6-9H2,1-3H3;4H,1-3H3;2*1-2H3. The number of anilines is 2. The van der Waals surface area contributed by atoms with E-state index in [2.05, 4.69) is 64.2 Å². The Morgan fingerprint density at radius 3 is 1.89 bits per heavy atom. The van der Waals surface area contributed by atoms with Gasteiger partial charge in [-0.05, 0) is 42.4 Å². The molecule has 0 aromatic heterocycles. The molecular weight excluding hydrogens is 336 g/mol. The summed E-state index contributed by atoms with van der Waals surface area (Å²) in [6.45, 7) is 20.5. The first-order valence-corrected chi connectivity index (χ1v) is 10.7. The smallest absolute Gasteiger partial charge is 0.0835 e. The van der Waals surface area contributed by atoms with Gasteiger partial charge < -0.3 is 9.64 Å². The minimum atomic E-state index is 0.475. The molecule has 4 heteroatoms. The van der Waals surface area contributed by atoms with Crippen LogP contribution in [0.4, 0.5) is 11.4 Å². The summed E-state index contributed by atoms with van der Waals surface area (Å²) in [5.41, 5.74) is 5.41. The van der Waals surface area contributed by atoms with Gasteiger partial charge in [-0.1, -0.05) is 68.4 Å². The molecule has 1 fully saturated rings. The number of benzene rings is 1. The zero-order chi connectivity index (χ0) is 21.4. The average Bonchev–Trinajstić information content (AvgIpc) is 2.70. The molecule has 0 unspecified atom stereocenters. The second kappa shape index (κ2) is 16.9. The van der Waals surface area contributed by atoms with Crippen molar-refractivity contribution in [3.63, 3.8) is 0 Å². The van der Waals surface area contributed by atoms with E-state index in [9.17, 15) is 5.21 Å². The number of nitrogens with one attached hydrogen (secondary N) is 1. The van der Waals surface area contributed by atoms with Gasteiger partial charge in [-0.3, -0.25) is 10.7 Å². The number of hydrogen-bond acceptors (Lipinski definition) is 4. The molecule has 4 nitrogen and oxygen atoms in total. The lowest BCUT2D eigenvalue weighted by molar-refractivity contribution is 0.0855. The normalized spacial score (nSPS) is 13.5. The molecule has 1 heterocycles. The van der Waals surface area contributed by atoms with Crippen LogP contribution in [0.15, 0.2) is 18.2 Å². The number of hydrogen-bond donors (Lipinski definition) is 2. The van der Waals surface area contributed by atoms with Crippen molar-refractivity contribution in [3.05, 3.63) is 23.8 Å². The molecule has 0 aliphatic carbocycles. The predicted octanol–water partition coefficient (Wildman–Crippen LogP) is 6.94.